The highest BCUT2D eigenvalue weighted by Gasteiger charge is 2.26. The number of hydrogen-bond acceptors (Lipinski definition) is 5. The van der Waals surface area contributed by atoms with Gasteiger partial charge in [-0.1, -0.05) is 22.9 Å². The SMILES string of the molecule is CCOC(=O)c1sc(Cl)nc1C(=O)NC(C)(C)C. The Morgan fingerprint density at radius 1 is 1.44 bits per heavy atom. The summed E-state index contributed by atoms with van der Waals surface area (Å²) in [6.07, 6.45) is 0. The summed E-state index contributed by atoms with van der Waals surface area (Å²) in [5.41, 5.74) is -0.405. The van der Waals surface area contributed by atoms with Crippen molar-refractivity contribution in [2.45, 2.75) is 33.2 Å². The molecule has 100 valence electrons. The maximum atomic E-state index is 12.0. The number of carbonyl (C=O) groups is 2. The molecule has 0 spiro atoms. The van der Waals surface area contributed by atoms with E-state index in [-0.39, 0.29) is 21.6 Å². The highest BCUT2D eigenvalue weighted by Crippen LogP contribution is 2.24. The van der Waals surface area contributed by atoms with E-state index in [9.17, 15) is 9.59 Å². The lowest BCUT2D eigenvalue weighted by Gasteiger charge is -2.19. The second-order valence-corrected chi connectivity index (χ2v) is 6.15. The van der Waals surface area contributed by atoms with Crippen LogP contribution in [0.4, 0.5) is 0 Å². The highest BCUT2D eigenvalue weighted by atomic mass is 35.5. The van der Waals surface area contributed by atoms with Crippen LogP contribution in [0.1, 0.15) is 47.9 Å². The Labute approximate surface area is 115 Å². The summed E-state index contributed by atoms with van der Waals surface area (Å²) < 4.78 is 4.99. The number of thiazole rings is 1. The number of carbonyl (C=O) groups excluding carboxylic acids is 2. The third kappa shape index (κ3) is 3.96. The van der Waals surface area contributed by atoms with E-state index in [2.05, 4.69) is 10.3 Å². The van der Waals surface area contributed by atoms with Crippen LogP contribution in [0, 0.1) is 0 Å². The Morgan fingerprint density at radius 2 is 2.06 bits per heavy atom. The molecule has 1 heterocycles. The Kier molecular flexibility index (Phi) is 4.70. The molecule has 1 aromatic heterocycles. The fraction of sp³-hybridized carbons (Fsp3) is 0.545. The molecule has 1 amide bonds. The van der Waals surface area contributed by atoms with Gasteiger partial charge in [-0.15, -0.1) is 0 Å². The van der Waals surface area contributed by atoms with Gasteiger partial charge in [0.1, 0.15) is 4.88 Å². The van der Waals surface area contributed by atoms with Gasteiger partial charge >= 0.3 is 5.97 Å². The number of nitrogens with zero attached hydrogens (tertiary/aromatic N) is 1. The lowest BCUT2D eigenvalue weighted by Crippen LogP contribution is -2.41. The van der Waals surface area contributed by atoms with E-state index in [1.54, 1.807) is 6.92 Å². The topological polar surface area (TPSA) is 68.3 Å². The molecule has 0 aromatic carbocycles. The largest absolute Gasteiger partial charge is 0.462 e. The van der Waals surface area contributed by atoms with Crippen molar-refractivity contribution in [1.29, 1.82) is 0 Å². The molecule has 18 heavy (non-hydrogen) atoms. The summed E-state index contributed by atoms with van der Waals surface area (Å²) in [6, 6.07) is 0. The standard InChI is InChI=1S/C11H15ClN2O3S/c1-5-17-9(16)7-6(13-10(12)18-7)8(15)14-11(2,3)4/h5H2,1-4H3,(H,14,15). The number of nitrogens with one attached hydrogen (secondary N) is 1. The zero-order chi connectivity index (χ0) is 13.9. The Balaban J connectivity index is 3.02. The third-order valence-electron chi connectivity index (χ3n) is 1.77. The van der Waals surface area contributed by atoms with E-state index in [0.717, 1.165) is 11.3 Å². The highest BCUT2D eigenvalue weighted by molar-refractivity contribution is 7.17. The van der Waals surface area contributed by atoms with E-state index in [0.29, 0.717) is 0 Å². The first kappa shape index (κ1) is 14.9. The lowest BCUT2D eigenvalue weighted by molar-refractivity contribution is 0.0527. The molecule has 0 aliphatic heterocycles. The number of esters is 1. The number of hydrogen-bond donors (Lipinski definition) is 1. The van der Waals surface area contributed by atoms with Crippen LogP contribution in [0.2, 0.25) is 4.47 Å². The smallest absolute Gasteiger partial charge is 0.350 e. The van der Waals surface area contributed by atoms with Gasteiger partial charge < -0.3 is 10.1 Å². The number of amides is 1. The van der Waals surface area contributed by atoms with Gasteiger partial charge in [0.2, 0.25) is 0 Å². The molecule has 0 bridgehead atoms. The van der Waals surface area contributed by atoms with Crippen molar-refractivity contribution in [3.05, 3.63) is 15.0 Å². The van der Waals surface area contributed by atoms with Gasteiger partial charge in [0.25, 0.3) is 5.91 Å². The maximum Gasteiger partial charge on any atom is 0.350 e. The van der Waals surface area contributed by atoms with Crippen LogP contribution in [-0.2, 0) is 4.74 Å². The van der Waals surface area contributed by atoms with Crippen LogP contribution < -0.4 is 5.32 Å². The van der Waals surface area contributed by atoms with E-state index >= 15 is 0 Å². The second-order valence-electron chi connectivity index (χ2n) is 4.57. The van der Waals surface area contributed by atoms with E-state index in [1.165, 1.54) is 0 Å². The van der Waals surface area contributed by atoms with E-state index < -0.39 is 17.4 Å². The van der Waals surface area contributed by atoms with Gasteiger partial charge in [0.15, 0.2) is 10.2 Å². The average molecular weight is 291 g/mol. The molecule has 5 nitrogen and oxygen atoms in total. The van der Waals surface area contributed by atoms with Gasteiger partial charge in [-0.2, -0.15) is 0 Å². The summed E-state index contributed by atoms with van der Waals surface area (Å²) in [5.74, 6) is -1.02. The Bertz CT molecular complexity index is 465. The van der Waals surface area contributed by atoms with Gasteiger partial charge in [-0.25, -0.2) is 9.78 Å². The summed E-state index contributed by atoms with van der Waals surface area (Å²) in [5, 5.41) is 2.72. The molecule has 1 N–H and O–H groups in total. The van der Waals surface area contributed by atoms with Crippen LogP contribution in [-0.4, -0.2) is 29.0 Å². The molecule has 0 saturated heterocycles. The van der Waals surface area contributed by atoms with Crippen molar-refractivity contribution in [3.63, 3.8) is 0 Å². The molecular formula is C11H15ClN2O3S. The molecule has 0 aliphatic carbocycles. The second kappa shape index (κ2) is 5.67. The maximum absolute atomic E-state index is 12.0. The van der Waals surface area contributed by atoms with Gasteiger partial charge in [0, 0.05) is 5.54 Å². The van der Waals surface area contributed by atoms with Crippen molar-refractivity contribution in [3.8, 4) is 0 Å². The zero-order valence-corrected chi connectivity index (χ0v) is 12.2. The summed E-state index contributed by atoms with van der Waals surface area (Å²) in [4.78, 5) is 27.6. The van der Waals surface area contributed by atoms with Crippen molar-refractivity contribution >= 4 is 34.8 Å². The Morgan fingerprint density at radius 3 is 2.56 bits per heavy atom. The number of halogens is 1. The van der Waals surface area contributed by atoms with Crippen LogP contribution in [0.15, 0.2) is 0 Å². The fourth-order valence-electron chi connectivity index (χ4n) is 1.18. The molecule has 0 unspecified atom stereocenters. The number of aromatic nitrogens is 1. The van der Waals surface area contributed by atoms with Gasteiger partial charge in [-0.3, -0.25) is 4.79 Å². The lowest BCUT2D eigenvalue weighted by atomic mass is 10.1. The van der Waals surface area contributed by atoms with E-state index in [4.69, 9.17) is 16.3 Å². The minimum absolute atomic E-state index is 0.0124. The summed E-state index contributed by atoms with van der Waals surface area (Å²) >= 11 is 6.68. The first-order valence-electron chi connectivity index (χ1n) is 5.40. The zero-order valence-electron chi connectivity index (χ0n) is 10.7. The fourth-order valence-corrected chi connectivity index (χ4v) is 2.18. The van der Waals surface area contributed by atoms with Crippen molar-refractivity contribution in [2.75, 3.05) is 6.61 Å². The van der Waals surface area contributed by atoms with Gasteiger partial charge in [-0.05, 0) is 27.7 Å². The van der Waals surface area contributed by atoms with Crippen molar-refractivity contribution in [2.24, 2.45) is 0 Å². The van der Waals surface area contributed by atoms with Crippen molar-refractivity contribution in [1.82, 2.24) is 10.3 Å². The first-order valence-corrected chi connectivity index (χ1v) is 6.60. The molecule has 7 heteroatoms. The predicted molar refractivity (Wildman–Crippen MR) is 70.3 cm³/mol. The van der Waals surface area contributed by atoms with Crippen LogP contribution in [0.25, 0.3) is 0 Å². The minimum atomic E-state index is -0.582. The van der Waals surface area contributed by atoms with Crippen LogP contribution in [0.3, 0.4) is 0 Å². The molecule has 1 rings (SSSR count). The van der Waals surface area contributed by atoms with Gasteiger partial charge in [0.05, 0.1) is 6.61 Å². The first-order chi connectivity index (χ1) is 8.24. The predicted octanol–water partition coefficient (Wildman–Crippen LogP) is 2.50. The van der Waals surface area contributed by atoms with Crippen molar-refractivity contribution < 1.29 is 14.3 Å². The minimum Gasteiger partial charge on any atom is -0.462 e. The number of ether oxygens (including phenoxy) is 1. The van der Waals surface area contributed by atoms with Crippen LogP contribution >= 0.6 is 22.9 Å². The quantitative estimate of drug-likeness (QED) is 0.869. The third-order valence-corrected chi connectivity index (χ3v) is 2.91. The molecule has 0 aliphatic rings. The summed E-state index contributed by atoms with van der Waals surface area (Å²) in [6.45, 7) is 7.43. The van der Waals surface area contributed by atoms with Crippen LogP contribution in [0.5, 0.6) is 0 Å². The Hall–Kier alpha value is -1.14. The number of rotatable bonds is 3. The van der Waals surface area contributed by atoms with E-state index in [1.807, 2.05) is 20.8 Å². The monoisotopic (exact) mass is 290 g/mol. The molecule has 0 radical (unpaired) electrons. The summed E-state index contributed by atoms with van der Waals surface area (Å²) in [7, 11) is 0. The molecule has 0 saturated carbocycles. The molecule has 0 fully saturated rings. The molecular weight excluding hydrogens is 276 g/mol. The molecule has 0 atom stereocenters. The normalized spacial score (nSPS) is 11.2. The molecule has 1 aromatic rings. The average Bonchev–Trinajstić information content (AvgIpc) is 2.58.